The van der Waals surface area contributed by atoms with Gasteiger partial charge in [0.05, 0.1) is 13.2 Å². The van der Waals surface area contributed by atoms with Gasteiger partial charge in [-0.1, -0.05) is 0 Å². The largest absolute Gasteiger partial charge is 0.464 e. The molecule has 0 fully saturated rings. The van der Waals surface area contributed by atoms with Crippen LogP contribution in [0.5, 0.6) is 0 Å². The molecule has 0 aliphatic carbocycles. The highest BCUT2D eigenvalue weighted by Crippen LogP contribution is 1.99. The molecule has 0 aromatic carbocycles. The molecular weight excluding hydrogens is 208 g/mol. The lowest BCUT2D eigenvalue weighted by Crippen LogP contribution is -2.13. The van der Waals surface area contributed by atoms with Crippen molar-refractivity contribution in [1.82, 2.24) is 0 Å². The predicted octanol–water partition coefficient (Wildman–Crippen LogP) is 1.62. The van der Waals surface area contributed by atoms with Crippen molar-refractivity contribution in [3.63, 3.8) is 0 Å². The zero-order valence-electron chi connectivity index (χ0n) is 10.0. The van der Waals surface area contributed by atoms with Crippen LogP contribution in [-0.4, -0.2) is 36.9 Å². The van der Waals surface area contributed by atoms with Crippen molar-refractivity contribution in [2.75, 3.05) is 13.2 Å². The van der Waals surface area contributed by atoms with Gasteiger partial charge < -0.3 is 9.47 Å². The van der Waals surface area contributed by atoms with E-state index in [0.717, 1.165) is 0 Å². The standard InChI is InChI=1S/C10H16N4O2/c1-5-15-9-11-7(3)13-10(16-6-2)14-8(4)12-9/h5-6H2,1-4H3. The molecular formula is C10H16N4O2. The van der Waals surface area contributed by atoms with E-state index in [4.69, 9.17) is 9.47 Å². The minimum absolute atomic E-state index is 0.278. The van der Waals surface area contributed by atoms with E-state index in [-0.39, 0.29) is 12.0 Å². The van der Waals surface area contributed by atoms with Crippen LogP contribution in [0.25, 0.3) is 0 Å². The molecule has 88 valence electrons. The number of hydrogen-bond acceptors (Lipinski definition) is 6. The molecule has 0 atom stereocenters. The molecule has 0 radical (unpaired) electrons. The fourth-order valence-electron chi connectivity index (χ4n) is 1.04. The molecule has 0 bridgehead atoms. The summed E-state index contributed by atoms with van der Waals surface area (Å²) in [6, 6.07) is 0.557. The topological polar surface area (TPSA) is 67.9 Å². The Morgan fingerprint density at radius 1 is 0.750 bits per heavy atom. The second-order valence-electron chi connectivity index (χ2n) is 2.97. The van der Waals surface area contributed by atoms with Gasteiger partial charge >= 0.3 is 12.0 Å². The Balaban J connectivity index is 2.96. The van der Waals surface area contributed by atoms with E-state index in [1.165, 1.54) is 0 Å². The molecule has 0 unspecified atom stereocenters. The Morgan fingerprint density at radius 2 is 1.12 bits per heavy atom. The van der Waals surface area contributed by atoms with Crippen LogP contribution in [0, 0.1) is 0 Å². The van der Waals surface area contributed by atoms with Gasteiger partial charge in [0.25, 0.3) is 0 Å². The quantitative estimate of drug-likeness (QED) is 0.715. The first-order valence-corrected chi connectivity index (χ1v) is 5.19. The van der Waals surface area contributed by atoms with Crippen molar-refractivity contribution in [2.24, 2.45) is 20.0 Å². The zero-order chi connectivity index (χ0) is 12.0. The molecule has 1 aliphatic heterocycles. The molecule has 0 amide bonds. The molecule has 0 saturated carbocycles. The third kappa shape index (κ3) is 3.80. The summed E-state index contributed by atoms with van der Waals surface area (Å²) < 4.78 is 10.5. The highest BCUT2D eigenvalue weighted by Gasteiger charge is 2.07. The van der Waals surface area contributed by atoms with E-state index in [9.17, 15) is 0 Å². The van der Waals surface area contributed by atoms with E-state index < -0.39 is 0 Å². The highest BCUT2D eigenvalue weighted by atomic mass is 16.5. The van der Waals surface area contributed by atoms with Crippen LogP contribution in [0.4, 0.5) is 0 Å². The molecule has 1 rings (SSSR count). The number of ether oxygens (including phenoxy) is 2. The van der Waals surface area contributed by atoms with Crippen molar-refractivity contribution >= 4 is 23.7 Å². The maximum atomic E-state index is 5.23. The van der Waals surface area contributed by atoms with Crippen LogP contribution in [-0.2, 0) is 9.47 Å². The van der Waals surface area contributed by atoms with Gasteiger partial charge in [0, 0.05) is 0 Å². The van der Waals surface area contributed by atoms with Crippen molar-refractivity contribution < 1.29 is 9.47 Å². The van der Waals surface area contributed by atoms with Crippen LogP contribution < -0.4 is 0 Å². The number of aliphatic imine (C=N–C) groups is 4. The summed E-state index contributed by atoms with van der Waals surface area (Å²) in [6.45, 7) is 8.23. The summed E-state index contributed by atoms with van der Waals surface area (Å²) in [6.07, 6.45) is 0. The lowest BCUT2D eigenvalue weighted by atomic mass is 10.6. The Bertz CT molecular complexity index is 333. The van der Waals surface area contributed by atoms with E-state index in [1.54, 1.807) is 13.8 Å². The summed E-state index contributed by atoms with van der Waals surface area (Å²) in [5, 5.41) is 0. The minimum Gasteiger partial charge on any atom is -0.464 e. The Labute approximate surface area is 94.8 Å². The first-order chi connectivity index (χ1) is 7.65. The molecule has 0 aromatic heterocycles. The third-order valence-corrected chi connectivity index (χ3v) is 1.58. The van der Waals surface area contributed by atoms with Gasteiger partial charge in [-0.25, -0.2) is 0 Å². The van der Waals surface area contributed by atoms with Gasteiger partial charge in [0.1, 0.15) is 11.7 Å². The van der Waals surface area contributed by atoms with Gasteiger partial charge in [-0.15, -0.1) is 0 Å². The fraction of sp³-hybridized carbons (Fsp3) is 0.600. The average Bonchev–Trinajstić information content (AvgIpc) is 2.15. The Hall–Kier alpha value is -1.72. The SMILES string of the molecule is CCOC1=NC(C)=NC(OCC)=NC(C)=N1. The van der Waals surface area contributed by atoms with E-state index >= 15 is 0 Å². The van der Waals surface area contributed by atoms with Crippen LogP contribution >= 0.6 is 0 Å². The maximum absolute atomic E-state index is 5.23. The molecule has 16 heavy (non-hydrogen) atoms. The van der Waals surface area contributed by atoms with E-state index in [1.807, 2.05) is 13.8 Å². The highest BCUT2D eigenvalue weighted by molar-refractivity contribution is 6.07. The van der Waals surface area contributed by atoms with Crippen LogP contribution in [0.15, 0.2) is 20.0 Å². The summed E-state index contributed by atoms with van der Waals surface area (Å²) in [5.41, 5.74) is 0. The smallest absolute Gasteiger partial charge is 0.319 e. The lowest BCUT2D eigenvalue weighted by molar-refractivity contribution is 0.320. The van der Waals surface area contributed by atoms with Crippen molar-refractivity contribution in [3.8, 4) is 0 Å². The summed E-state index contributed by atoms with van der Waals surface area (Å²) in [7, 11) is 0. The molecule has 1 heterocycles. The van der Waals surface area contributed by atoms with Crippen molar-refractivity contribution in [2.45, 2.75) is 27.7 Å². The zero-order valence-corrected chi connectivity index (χ0v) is 10.0. The summed E-state index contributed by atoms with van der Waals surface area (Å²) >= 11 is 0. The molecule has 1 aliphatic rings. The van der Waals surface area contributed by atoms with Gasteiger partial charge in [0.15, 0.2) is 0 Å². The minimum atomic E-state index is 0.278. The van der Waals surface area contributed by atoms with E-state index in [0.29, 0.717) is 24.9 Å². The Kier molecular flexibility index (Phi) is 4.63. The second-order valence-corrected chi connectivity index (χ2v) is 2.97. The maximum Gasteiger partial charge on any atom is 0.319 e. The van der Waals surface area contributed by atoms with E-state index in [2.05, 4.69) is 20.0 Å². The van der Waals surface area contributed by atoms with Crippen molar-refractivity contribution in [1.29, 1.82) is 0 Å². The monoisotopic (exact) mass is 224 g/mol. The van der Waals surface area contributed by atoms with Gasteiger partial charge in [-0.2, -0.15) is 20.0 Å². The fourth-order valence-corrected chi connectivity index (χ4v) is 1.04. The lowest BCUT2D eigenvalue weighted by Gasteiger charge is -2.07. The van der Waals surface area contributed by atoms with Gasteiger partial charge in [-0.05, 0) is 27.7 Å². The number of rotatable bonds is 2. The van der Waals surface area contributed by atoms with Crippen molar-refractivity contribution in [3.05, 3.63) is 0 Å². The van der Waals surface area contributed by atoms with Crippen LogP contribution in [0.3, 0.4) is 0 Å². The molecule has 0 N–H and O–H groups in total. The average molecular weight is 224 g/mol. The molecule has 0 saturated heterocycles. The van der Waals surface area contributed by atoms with Gasteiger partial charge in [-0.3, -0.25) is 0 Å². The number of amidine groups is 4. The predicted molar refractivity (Wildman–Crippen MR) is 64.3 cm³/mol. The third-order valence-electron chi connectivity index (χ3n) is 1.58. The summed E-state index contributed by atoms with van der Waals surface area (Å²) in [5.74, 6) is 1.01. The normalized spacial score (nSPS) is 16.2. The molecule has 6 heteroatoms. The van der Waals surface area contributed by atoms with Crippen LogP contribution in [0.2, 0.25) is 0 Å². The second kappa shape index (κ2) is 5.99. The molecule has 0 spiro atoms. The van der Waals surface area contributed by atoms with Gasteiger partial charge in [0.2, 0.25) is 0 Å². The Morgan fingerprint density at radius 3 is 1.44 bits per heavy atom. The number of hydrogen-bond donors (Lipinski definition) is 0. The summed E-state index contributed by atoms with van der Waals surface area (Å²) in [4.78, 5) is 16.4. The molecule has 0 aromatic rings. The first-order valence-electron chi connectivity index (χ1n) is 5.19. The molecule has 6 nitrogen and oxygen atoms in total. The van der Waals surface area contributed by atoms with Crippen LogP contribution in [0.1, 0.15) is 27.7 Å². The first kappa shape index (κ1) is 12.4. The number of nitrogens with zero attached hydrogens (tertiary/aromatic N) is 4.